The van der Waals surface area contributed by atoms with Crippen LogP contribution in [-0.4, -0.2) is 63.4 Å². The van der Waals surface area contributed by atoms with Crippen LogP contribution in [0.4, 0.5) is 0 Å². The molecular formula is C38H60N2O3S. The van der Waals surface area contributed by atoms with E-state index in [4.69, 9.17) is 0 Å². The van der Waals surface area contributed by atoms with Crippen molar-refractivity contribution < 1.29 is 14.1 Å². The van der Waals surface area contributed by atoms with Crippen molar-refractivity contribution in [3.05, 3.63) is 23.3 Å². The van der Waals surface area contributed by atoms with Crippen LogP contribution in [0.1, 0.15) is 111 Å². The quantitative estimate of drug-likeness (QED) is 0.327. The molecule has 4 saturated carbocycles. The van der Waals surface area contributed by atoms with Gasteiger partial charge in [-0.15, -0.1) is 0 Å². The van der Waals surface area contributed by atoms with E-state index >= 15 is 0 Å². The van der Waals surface area contributed by atoms with E-state index in [1.807, 2.05) is 0 Å². The Kier molecular flexibility index (Phi) is 8.34. The van der Waals surface area contributed by atoms with Crippen LogP contribution in [0.25, 0.3) is 0 Å². The van der Waals surface area contributed by atoms with Crippen molar-refractivity contribution in [1.29, 1.82) is 0 Å². The number of carboxylic acid groups (broad SMARTS) is 1. The molecule has 2 N–H and O–H groups in total. The number of fused-ring (bicyclic) bond motifs is 7. The van der Waals surface area contributed by atoms with Crippen molar-refractivity contribution in [2.45, 2.75) is 117 Å². The van der Waals surface area contributed by atoms with Gasteiger partial charge in [0.05, 0.1) is 5.92 Å². The Morgan fingerprint density at radius 1 is 0.932 bits per heavy atom. The van der Waals surface area contributed by atoms with Gasteiger partial charge < -0.3 is 15.3 Å². The largest absolute Gasteiger partial charge is 0.481 e. The lowest BCUT2D eigenvalue weighted by Crippen LogP contribution is -2.64. The van der Waals surface area contributed by atoms with Crippen LogP contribution in [0.5, 0.6) is 0 Å². The topological polar surface area (TPSA) is 69.6 Å². The standard InChI is InChI=1S/C38H60N2O3S/c1-35(2)29(26-7-9-27(10-8-26)34(41)42)13-17-37(4)32(35)15-18-36(3)30-14-19-38(39-20-21-40-22-24-44(43)25-23-40)16-5-6-31(38)28(30)11-12-33(36)37/h7,13,27-28,30-33,39H,5-6,8-12,14-25H2,1-4H3,(H,41,42)/t27?,28?,30?,31-,32?,33?,36?,37?,38?/m1/s1. The molecule has 6 heteroatoms. The molecule has 9 atom stereocenters. The average Bonchev–Trinajstić information content (AvgIpc) is 3.42. The van der Waals surface area contributed by atoms with Crippen LogP contribution >= 0.6 is 0 Å². The molecule has 1 heterocycles. The zero-order valence-electron chi connectivity index (χ0n) is 28.2. The first-order valence-corrected chi connectivity index (χ1v) is 19.9. The van der Waals surface area contributed by atoms with Gasteiger partial charge in [-0.2, -0.15) is 0 Å². The summed E-state index contributed by atoms with van der Waals surface area (Å²) in [7, 11) is -0.590. The second-order valence-electron chi connectivity index (χ2n) is 17.4. The lowest BCUT2D eigenvalue weighted by molar-refractivity contribution is -0.175. The molecular weight excluding hydrogens is 564 g/mol. The van der Waals surface area contributed by atoms with Gasteiger partial charge in [-0.05, 0) is 134 Å². The van der Waals surface area contributed by atoms with E-state index in [-0.39, 0.29) is 11.3 Å². The third-order valence-corrected chi connectivity index (χ3v) is 16.6. The first-order valence-electron chi connectivity index (χ1n) is 18.4. The maximum Gasteiger partial charge on any atom is 0.306 e. The van der Waals surface area contributed by atoms with Crippen molar-refractivity contribution in [1.82, 2.24) is 10.2 Å². The summed E-state index contributed by atoms with van der Waals surface area (Å²) < 4.78 is 11.8. The lowest BCUT2D eigenvalue weighted by atomic mass is 9.37. The molecule has 0 bridgehead atoms. The predicted octanol–water partition coefficient (Wildman–Crippen LogP) is 7.21. The van der Waals surface area contributed by atoms with Gasteiger partial charge in [0.1, 0.15) is 0 Å². The molecule has 7 aliphatic rings. The minimum Gasteiger partial charge on any atom is -0.481 e. The summed E-state index contributed by atoms with van der Waals surface area (Å²) in [6.45, 7) is 14.7. The van der Waals surface area contributed by atoms with E-state index in [2.05, 4.69) is 50.1 Å². The summed E-state index contributed by atoms with van der Waals surface area (Å²) in [6.07, 6.45) is 21.1. The minimum atomic E-state index is -0.627. The van der Waals surface area contributed by atoms with Gasteiger partial charge in [-0.1, -0.05) is 46.3 Å². The van der Waals surface area contributed by atoms with Gasteiger partial charge in [0, 0.05) is 54.0 Å². The molecule has 0 amide bonds. The van der Waals surface area contributed by atoms with Crippen LogP contribution in [0.2, 0.25) is 0 Å². The van der Waals surface area contributed by atoms with Gasteiger partial charge >= 0.3 is 5.97 Å². The van der Waals surface area contributed by atoms with Crippen molar-refractivity contribution >= 4 is 16.8 Å². The number of carbonyl (C=O) groups is 1. The smallest absolute Gasteiger partial charge is 0.306 e. The molecule has 1 saturated heterocycles. The first kappa shape index (κ1) is 31.6. The third kappa shape index (κ3) is 5.05. The SMILES string of the molecule is CC1(C)C(C2=CCC(C(=O)O)CC2)=CCC2(C)C1CCC1(C)C3CCC4(NCCN5CCS(=O)CC5)CCC[C@@H]4C3CCC12. The number of hydrogen-bond donors (Lipinski definition) is 2. The summed E-state index contributed by atoms with van der Waals surface area (Å²) in [5.74, 6) is 4.99. The van der Waals surface area contributed by atoms with E-state index in [0.717, 1.165) is 74.2 Å². The van der Waals surface area contributed by atoms with Crippen molar-refractivity contribution in [2.24, 2.45) is 51.8 Å². The summed E-state index contributed by atoms with van der Waals surface area (Å²) in [6, 6.07) is 0. The molecule has 5 nitrogen and oxygen atoms in total. The highest BCUT2D eigenvalue weighted by atomic mass is 32.2. The van der Waals surface area contributed by atoms with Crippen LogP contribution in [0.3, 0.4) is 0 Å². The first-order chi connectivity index (χ1) is 21.0. The molecule has 7 rings (SSSR count). The average molecular weight is 625 g/mol. The summed E-state index contributed by atoms with van der Waals surface area (Å²) in [5, 5.41) is 13.8. The van der Waals surface area contributed by atoms with Gasteiger partial charge in [0.2, 0.25) is 0 Å². The lowest BCUT2D eigenvalue weighted by Gasteiger charge is -2.68. The number of allylic oxidation sites excluding steroid dienone is 4. The Bertz CT molecular complexity index is 1220. The number of nitrogens with one attached hydrogen (secondary N) is 1. The highest BCUT2D eigenvalue weighted by molar-refractivity contribution is 7.85. The number of aliphatic carboxylic acids is 1. The number of hydrogen-bond acceptors (Lipinski definition) is 4. The van der Waals surface area contributed by atoms with E-state index in [0.29, 0.717) is 28.7 Å². The van der Waals surface area contributed by atoms with E-state index in [1.165, 1.54) is 69.8 Å². The Hall–Kier alpha value is -0.980. The van der Waals surface area contributed by atoms with Crippen molar-refractivity contribution in [3.63, 3.8) is 0 Å². The number of nitrogens with zero attached hydrogens (tertiary/aromatic N) is 1. The molecule has 0 radical (unpaired) electrons. The molecule has 1 aliphatic heterocycles. The van der Waals surface area contributed by atoms with Gasteiger partial charge in [-0.3, -0.25) is 9.00 Å². The highest BCUT2D eigenvalue weighted by Crippen LogP contribution is 2.72. The molecule has 246 valence electrons. The Morgan fingerprint density at radius 2 is 1.73 bits per heavy atom. The minimum absolute atomic E-state index is 0.146. The maximum absolute atomic E-state index is 11.8. The van der Waals surface area contributed by atoms with Crippen LogP contribution < -0.4 is 5.32 Å². The van der Waals surface area contributed by atoms with Crippen LogP contribution in [-0.2, 0) is 15.6 Å². The molecule has 0 aromatic heterocycles. The van der Waals surface area contributed by atoms with Crippen molar-refractivity contribution in [3.8, 4) is 0 Å². The molecule has 0 aromatic carbocycles. The summed E-state index contributed by atoms with van der Waals surface area (Å²) in [4.78, 5) is 14.1. The molecule has 8 unspecified atom stereocenters. The highest BCUT2D eigenvalue weighted by Gasteiger charge is 2.65. The second kappa shape index (κ2) is 11.6. The summed E-state index contributed by atoms with van der Waals surface area (Å²) >= 11 is 0. The number of carboxylic acids is 1. The van der Waals surface area contributed by atoms with Crippen molar-refractivity contribution in [2.75, 3.05) is 37.7 Å². The van der Waals surface area contributed by atoms with Crippen LogP contribution in [0, 0.1) is 51.8 Å². The van der Waals surface area contributed by atoms with E-state index in [9.17, 15) is 14.1 Å². The third-order valence-electron chi connectivity index (χ3n) is 15.4. The fraction of sp³-hybridized carbons (Fsp3) is 0.868. The predicted molar refractivity (Wildman–Crippen MR) is 180 cm³/mol. The second-order valence-corrected chi connectivity index (χ2v) is 19.1. The van der Waals surface area contributed by atoms with Gasteiger partial charge in [-0.25, -0.2) is 0 Å². The zero-order valence-corrected chi connectivity index (χ0v) is 29.0. The molecule has 0 spiro atoms. The fourth-order valence-corrected chi connectivity index (χ4v) is 14.5. The fourth-order valence-electron chi connectivity index (χ4n) is 13.3. The maximum atomic E-state index is 11.8. The van der Waals surface area contributed by atoms with E-state index in [1.54, 1.807) is 5.57 Å². The van der Waals surface area contributed by atoms with Crippen LogP contribution in [0.15, 0.2) is 23.3 Å². The molecule has 0 aromatic rings. The zero-order chi connectivity index (χ0) is 30.9. The Labute approximate surface area is 269 Å². The molecule has 44 heavy (non-hydrogen) atoms. The van der Waals surface area contributed by atoms with Gasteiger partial charge in [0.15, 0.2) is 0 Å². The Morgan fingerprint density at radius 3 is 2.45 bits per heavy atom. The summed E-state index contributed by atoms with van der Waals surface area (Å²) in [5.41, 5.74) is 4.32. The molecule has 5 fully saturated rings. The number of rotatable bonds is 6. The Balaban J connectivity index is 1.07. The monoisotopic (exact) mass is 624 g/mol. The van der Waals surface area contributed by atoms with E-state index < -0.39 is 16.8 Å². The molecule has 6 aliphatic carbocycles. The normalized spacial score (nSPS) is 45.7. The van der Waals surface area contributed by atoms with Gasteiger partial charge in [0.25, 0.3) is 0 Å².